The second-order valence-electron chi connectivity index (χ2n) is 6.53. The second kappa shape index (κ2) is 10.2. The van der Waals surface area contributed by atoms with E-state index < -0.39 is 0 Å². The van der Waals surface area contributed by atoms with Crippen molar-refractivity contribution in [1.82, 2.24) is 20.2 Å². The summed E-state index contributed by atoms with van der Waals surface area (Å²) in [5.74, 6) is 2.74. The lowest BCUT2D eigenvalue weighted by atomic mass is 10.1. The molecule has 0 unspecified atom stereocenters. The van der Waals surface area contributed by atoms with Gasteiger partial charge in [-0.3, -0.25) is 4.98 Å². The van der Waals surface area contributed by atoms with Gasteiger partial charge in [0, 0.05) is 32.5 Å². The monoisotopic (exact) mass is 394 g/mol. The minimum atomic E-state index is 0.513. The fourth-order valence-electron chi connectivity index (χ4n) is 2.87. The molecule has 29 heavy (non-hydrogen) atoms. The lowest BCUT2D eigenvalue weighted by molar-refractivity contribution is 0.354. The number of aromatic nitrogens is 4. The van der Waals surface area contributed by atoms with E-state index in [1.165, 1.54) is 5.56 Å². The topological polar surface area (TPSA) is 85.3 Å². The fraction of sp³-hybridized carbons (Fsp3) is 0.333. The van der Waals surface area contributed by atoms with Crippen molar-refractivity contribution in [2.75, 3.05) is 44.6 Å². The van der Waals surface area contributed by atoms with Crippen LogP contribution in [0, 0.1) is 0 Å². The summed E-state index contributed by atoms with van der Waals surface area (Å²) in [6, 6.07) is 9.94. The lowest BCUT2D eigenvalue weighted by Crippen LogP contribution is -2.22. The number of likely N-dealkylation sites (N-methyl/N-ethyl adjacent to an activating group) is 1. The van der Waals surface area contributed by atoms with Gasteiger partial charge in [-0.1, -0.05) is 6.07 Å². The Labute approximate surface area is 170 Å². The second-order valence-corrected chi connectivity index (χ2v) is 6.53. The fourth-order valence-corrected chi connectivity index (χ4v) is 2.87. The first-order valence-corrected chi connectivity index (χ1v) is 9.44. The predicted molar refractivity (Wildman–Crippen MR) is 113 cm³/mol. The number of hydrogen-bond acceptors (Lipinski definition) is 8. The first kappa shape index (κ1) is 20.3. The summed E-state index contributed by atoms with van der Waals surface area (Å²) in [5.41, 5.74) is 2.37. The number of pyridine rings is 1. The maximum atomic E-state index is 5.35. The number of rotatable bonds is 10. The molecule has 2 aromatic heterocycles. The molecule has 0 saturated heterocycles. The number of nitrogens with zero attached hydrogens (tertiary/aromatic N) is 5. The zero-order chi connectivity index (χ0) is 20.5. The van der Waals surface area contributed by atoms with Crippen LogP contribution in [0.15, 0.2) is 48.9 Å². The van der Waals surface area contributed by atoms with Crippen molar-refractivity contribution in [3.63, 3.8) is 0 Å². The Kier molecular flexibility index (Phi) is 7.16. The summed E-state index contributed by atoms with van der Waals surface area (Å²) >= 11 is 0. The van der Waals surface area contributed by atoms with Gasteiger partial charge >= 0.3 is 0 Å². The third kappa shape index (κ3) is 5.78. The molecule has 0 spiro atoms. The van der Waals surface area contributed by atoms with E-state index in [0.29, 0.717) is 12.5 Å². The van der Waals surface area contributed by atoms with Gasteiger partial charge in [-0.15, -0.1) is 5.10 Å². The summed E-state index contributed by atoms with van der Waals surface area (Å²) in [4.78, 5) is 10.7. The van der Waals surface area contributed by atoms with Gasteiger partial charge in [-0.2, -0.15) is 10.1 Å². The predicted octanol–water partition coefficient (Wildman–Crippen LogP) is 2.62. The van der Waals surface area contributed by atoms with Gasteiger partial charge in [0.2, 0.25) is 5.95 Å². The summed E-state index contributed by atoms with van der Waals surface area (Å²) < 4.78 is 10.6. The van der Waals surface area contributed by atoms with Crippen LogP contribution in [0.25, 0.3) is 0 Å². The molecular formula is C21H26N6O2. The summed E-state index contributed by atoms with van der Waals surface area (Å²) in [7, 11) is 5.26. The smallest absolute Gasteiger partial charge is 0.244 e. The number of hydrogen-bond donors (Lipinski definition) is 1. The van der Waals surface area contributed by atoms with Crippen molar-refractivity contribution in [1.29, 1.82) is 0 Å². The SMILES string of the molecule is COc1ccc(CCNc2nncc(N(C)CCc3ccncc3)n2)cc1OC. The average Bonchev–Trinajstić information content (AvgIpc) is 2.78. The highest BCUT2D eigenvalue weighted by Gasteiger charge is 2.07. The van der Waals surface area contributed by atoms with E-state index in [1.54, 1.807) is 20.4 Å². The van der Waals surface area contributed by atoms with Gasteiger partial charge in [0.15, 0.2) is 17.3 Å². The molecule has 0 atom stereocenters. The standard InChI is InChI=1S/C21H26N6O2/c1-27(13-9-16-6-10-22-11-7-16)20-15-24-26-21(25-20)23-12-8-17-4-5-18(28-2)19(14-17)29-3/h4-7,10-11,14-15H,8-9,12-13H2,1-3H3,(H,23,25,26). The largest absolute Gasteiger partial charge is 0.493 e. The normalized spacial score (nSPS) is 10.4. The average molecular weight is 394 g/mol. The van der Waals surface area contributed by atoms with Gasteiger partial charge in [-0.25, -0.2) is 0 Å². The molecule has 0 saturated carbocycles. The number of anilines is 2. The van der Waals surface area contributed by atoms with Crippen LogP contribution in [0.2, 0.25) is 0 Å². The van der Waals surface area contributed by atoms with Gasteiger partial charge in [-0.05, 0) is 48.2 Å². The van der Waals surface area contributed by atoms with Crippen LogP contribution in [-0.4, -0.2) is 54.5 Å². The van der Waals surface area contributed by atoms with Gasteiger partial charge < -0.3 is 19.7 Å². The van der Waals surface area contributed by atoms with E-state index in [4.69, 9.17) is 9.47 Å². The molecule has 8 heteroatoms. The molecule has 0 fully saturated rings. The Balaban J connectivity index is 1.53. The molecule has 0 bridgehead atoms. The van der Waals surface area contributed by atoms with Crippen molar-refractivity contribution in [3.05, 3.63) is 60.0 Å². The summed E-state index contributed by atoms with van der Waals surface area (Å²) in [6.45, 7) is 1.51. The molecule has 8 nitrogen and oxygen atoms in total. The van der Waals surface area contributed by atoms with Crippen LogP contribution in [0.4, 0.5) is 11.8 Å². The molecular weight excluding hydrogens is 368 g/mol. The zero-order valence-electron chi connectivity index (χ0n) is 17.0. The Hall–Kier alpha value is -3.42. The molecule has 0 aliphatic heterocycles. The maximum Gasteiger partial charge on any atom is 0.244 e. The Bertz CT molecular complexity index is 907. The number of nitrogens with one attached hydrogen (secondary N) is 1. The zero-order valence-corrected chi connectivity index (χ0v) is 17.0. The van der Waals surface area contributed by atoms with Crippen LogP contribution < -0.4 is 19.7 Å². The quantitative estimate of drug-likeness (QED) is 0.562. The van der Waals surface area contributed by atoms with Gasteiger partial charge in [0.1, 0.15) is 0 Å². The molecule has 1 aromatic carbocycles. The maximum absolute atomic E-state index is 5.35. The highest BCUT2D eigenvalue weighted by molar-refractivity contribution is 5.43. The minimum absolute atomic E-state index is 0.513. The van der Waals surface area contributed by atoms with Crippen LogP contribution in [-0.2, 0) is 12.8 Å². The van der Waals surface area contributed by atoms with Crippen LogP contribution >= 0.6 is 0 Å². The van der Waals surface area contributed by atoms with E-state index in [2.05, 4.69) is 30.4 Å². The Morgan fingerprint density at radius 1 is 0.966 bits per heavy atom. The third-order valence-electron chi connectivity index (χ3n) is 4.57. The van der Waals surface area contributed by atoms with Gasteiger partial charge in [0.25, 0.3) is 0 Å². The molecule has 0 aliphatic carbocycles. The lowest BCUT2D eigenvalue weighted by Gasteiger charge is -2.18. The third-order valence-corrected chi connectivity index (χ3v) is 4.57. The number of methoxy groups -OCH3 is 2. The molecule has 3 aromatic rings. The van der Waals surface area contributed by atoms with Crippen molar-refractivity contribution >= 4 is 11.8 Å². The molecule has 0 amide bonds. The Morgan fingerprint density at radius 3 is 2.52 bits per heavy atom. The van der Waals surface area contributed by atoms with E-state index in [-0.39, 0.29) is 0 Å². The van der Waals surface area contributed by atoms with Crippen molar-refractivity contribution in [2.24, 2.45) is 0 Å². The van der Waals surface area contributed by atoms with E-state index >= 15 is 0 Å². The van der Waals surface area contributed by atoms with E-state index in [1.807, 2.05) is 49.8 Å². The van der Waals surface area contributed by atoms with E-state index in [9.17, 15) is 0 Å². The Morgan fingerprint density at radius 2 is 1.76 bits per heavy atom. The minimum Gasteiger partial charge on any atom is -0.493 e. The van der Waals surface area contributed by atoms with Crippen molar-refractivity contribution in [2.45, 2.75) is 12.8 Å². The van der Waals surface area contributed by atoms with E-state index in [0.717, 1.165) is 42.3 Å². The van der Waals surface area contributed by atoms with Crippen LogP contribution in [0.5, 0.6) is 11.5 Å². The number of ether oxygens (including phenoxy) is 2. The van der Waals surface area contributed by atoms with Gasteiger partial charge in [0.05, 0.1) is 20.4 Å². The molecule has 1 N–H and O–H groups in total. The molecule has 0 radical (unpaired) electrons. The highest BCUT2D eigenvalue weighted by Crippen LogP contribution is 2.27. The highest BCUT2D eigenvalue weighted by atomic mass is 16.5. The number of benzene rings is 1. The first-order chi connectivity index (χ1) is 14.2. The first-order valence-electron chi connectivity index (χ1n) is 9.44. The van der Waals surface area contributed by atoms with Crippen LogP contribution in [0.1, 0.15) is 11.1 Å². The van der Waals surface area contributed by atoms with Crippen molar-refractivity contribution < 1.29 is 9.47 Å². The molecule has 152 valence electrons. The molecule has 0 aliphatic rings. The summed E-state index contributed by atoms with van der Waals surface area (Å²) in [5, 5.41) is 11.4. The molecule has 3 rings (SSSR count). The van der Waals surface area contributed by atoms with Crippen molar-refractivity contribution in [3.8, 4) is 11.5 Å². The molecule has 2 heterocycles. The summed E-state index contributed by atoms with van der Waals surface area (Å²) in [6.07, 6.45) is 6.99. The van der Waals surface area contributed by atoms with Crippen LogP contribution in [0.3, 0.4) is 0 Å².